The van der Waals surface area contributed by atoms with Gasteiger partial charge in [-0.1, -0.05) is 61.0 Å². The van der Waals surface area contributed by atoms with Crippen molar-refractivity contribution in [1.82, 2.24) is 5.32 Å². The smallest absolute Gasteiger partial charge is 0.0574 e. The van der Waals surface area contributed by atoms with Crippen molar-refractivity contribution in [2.45, 2.75) is 26.3 Å². The van der Waals surface area contributed by atoms with Gasteiger partial charge in [0.2, 0.25) is 0 Å². The molecule has 0 aliphatic rings. The number of hydrogen-bond donors (Lipinski definition) is 1. The second-order valence-electron chi connectivity index (χ2n) is 4.73. The highest BCUT2D eigenvalue weighted by molar-refractivity contribution is 5.34. The summed E-state index contributed by atoms with van der Waals surface area (Å²) in [5, 5.41) is 3.39. The average Bonchev–Trinajstić information content (AvgIpc) is 2.42. The summed E-state index contributed by atoms with van der Waals surface area (Å²) in [7, 11) is 2.01. The molecule has 0 aromatic heterocycles. The monoisotopic (exact) mass is 239 g/mol. The molecular weight excluding hydrogens is 218 g/mol. The van der Waals surface area contributed by atoms with Crippen LogP contribution in [0.25, 0.3) is 0 Å². The SMILES string of the molecule is CCc1ccc(C(NC)c2ccc(C)cc2)cc1. The molecule has 2 aromatic carbocycles. The molecule has 2 aromatic rings. The van der Waals surface area contributed by atoms with Crippen molar-refractivity contribution in [3.63, 3.8) is 0 Å². The van der Waals surface area contributed by atoms with Crippen molar-refractivity contribution in [2.24, 2.45) is 0 Å². The summed E-state index contributed by atoms with van der Waals surface area (Å²) in [5.41, 5.74) is 5.32. The Morgan fingerprint density at radius 2 is 1.39 bits per heavy atom. The Kier molecular flexibility index (Phi) is 4.16. The zero-order valence-electron chi connectivity index (χ0n) is 11.4. The molecule has 1 nitrogen and oxygen atoms in total. The van der Waals surface area contributed by atoms with Crippen molar-refractivity contribution in [1.29, 1.82) is 0 Å². The van der Waals surface area contributed by atoms with Crippen molar-refractivity contribution in [3.8, 4) is 0 Å². The van der Waals surface area contributed by atoms with Crippen molar-refractivity contribution >= 4 is 0 Å². The molecule has 0 saturated heterocycles. The van der Waals surface area contributed by atoms with Gasteiger partial charge in [-0.2, -0.15) is 0 Å². The number of rotatable bonds is 4. The summed E-state index contributed by atoms with van der Waals surface area (Å²) in [6.45, 7) is 4.30. The molecule has 0 aliphatic heterocycles. The van der Waals surface area contributed by atoms with Gasteiger partial charge in [-0.3, -0.25) is 0 Å². The molecule has 0 saturated carbocycles. The summed E-state index contributed by atoms with van der Waals surface area (Å²) in [6, 6.07) is 17.9. The number of hydrogen-bond acceptors (Lipinski definition) is 1. The van der Waals surface area contributed by atoms with Crippen LogP contribution < -0.4 is 5.32 Å². The van der Waals surface area contributed by atoms with Crippen LogP contribution in [0.15, 0.2) is 48.5 Å². The second-order valence-corrected chi connectivity index (χ2v) is 4.73. The van der Waals surface area contributed by atoms with Gasteiger partial charge < -0.3 is 5.32 Å². The fraction of sp³-hybridized carbons (Fsp3) is 0.294. The average molecular weight is 239 g/mol. The first-order valence-electron chi connectivity index (χ1n) is 6.57. The molecule has 1 N–H and O–H groups in total. The van der Waals surface area contributed by atoms with Crippen LogP contribution in [-0.2, 0) is 6.42 Å². The summed E-state index contributed by atoms with van der Waals surface area (Å²) < 4.78 is 0. The van der Waals surface area contributed by atoms with Gasteiger partial charge in [-0.15, -0.1) is 0 Å². The van der Waals surface area contributed by atoms with E-state index in [0.717, 1.165) is 6.42 Å². The lowest BCUT2D eigenvalue weighted by molar-refractivity contribution is 0.691. The highest BCUT2D eigenvalue weighted by atomic mass is 14.9. The Labute approximate surface area is 110 Å². The Morgan fingerprint density at radius 1 is 0.889 bits per heavy atom. The minimum atomic E-state index is 0.275. The van der Waals surface area contributed by atoms with E-state index in [1.807, 2.05) is 7.05 Å². The Balaban J connectivity index is 2.29. The Bertz CT molecular complexity index is 482. The van der Waals surface area contributed by atoms with Gasteiger partial charge >= 0.3 is 0 Å². The van der Waals surface area contributed by atoms with E-state index >= 15 is 0 Å². The molecule has 0 radical (unpaired) electrons. The lowest BCUT2D eigenvalue weighted by Gasteiger charge is -2.17. The van der Waals surface area contributed by atoms with E-state index in [-0.39, 0.29) is 6.04 Å². The van der Waals surface area contributed by atoms with Crippen LogP contribution in [0, 0.1) is 6.92 Å². The largest absolute Gasteiger partial charge is 0.309 e. The highest BCUT2D eigenvalue weighted by Gasteiger charge is 2.11. The van der Waals surface area contributed by atoms with E-state index in [9.17, 15) is 0 Å². The molecule has 0 fully saturated rings. The molecule has 2 rings (SSSR count). The maximum Gasteiger partial charge on any atom is 0.0574 e. The summed E-state index contributed by atoms with van der Waals surface area (Å²) in [6.07, 6.45) is 1.09. The van der Waals surface area contributed by atoms with Gasteiger partial charge in [0.05, 0.1) is 6.04 Å². The number of nitrogens with one attached hydrogen (secondary N) is 1. The van der Waals surface area contributed by atoms with Crippen LogP contribution in [0.2, 0.25) is 0 Å². The fourth-order valence-electron chi connectivity index (χ4n) is 2.23. The van der Waals surface area contributed by atoms with Crippen LogP contribution in [0.1, 0.15) is 35.2 Å². The quantitative estimate of drug-likeness (QED) is 0.854. The molecule has 0 amide bonds. The van der Waals surface area contributed by atoms with Crippen LogP contribution in [0.3, 0.4) is 0 Å². The zero-order chi connectivity index (χ0) is 13.0. The Hall–Kier alpha value is -1.60. The maximum absolute atomic E-state index is 3.39. The molecule has 0 aliphatic carbocycles. The molecule has 0 bridgehead atoms. The third-order valence-electron chi connectivity index (χ3n) is 3.42. The van der Waals surface area contributed by atoms with Gasteiger partial charge in [0.25, 0.3) is 0 Å². The molecule has 1 unspecified atom stereocenters. The van der Waals surface area contributed by atoms with E-state index in [1.54, 1.807) is 0 Å². The minimum absolute atomic E-state index is 0.275. The van der Waals surface area contributed by atoms with E-state index < -0.39 is 0 Å². The van der Waals surface area contributed by atoms with Gasteiger partial charge in [-0.05, 0) is 37.1 Å². The standard InChI is InChI=1S/C17H21N/c1-4-14-7-11-16(12-8-14)17(18-3)15-9-5-13(2)6-10-15/h5-12,17-18H,4H2,1-3H3. The predicted molar refractivity (Wildman–Crippen MR) is 77.9 cm³/mol. The van der Waals surface area contributed by atoms with E-state index in [4.69, 9.17) is 0 Å². The van der Waals surface area contributed by atoms with Crippen LogP contribution >= 0.6 is 0 Å². The first-order valence-corrected chi connectivity index (χ1v) is 6.57. The third-order valence-corrected chi connectivity index (χ3v) is 3.42. The molecule has 94 valence electrons. The molecule has 1 atom stereocenters. The lowest BCUT2D eigenvalue weighted by atomic mass is 9.97. The number of aryl methyl sites for hydroxylation is 2. The van der Waals surface area contributed by atoms with Gasteiger partial charge in [-0.25, -0.2) is 0 Å². The normalized spacial score (nSPS) is 12.4. The van der Waals surface area contributed by atoms with E-state index in [1.165, 1.54) is 22.3 Å². The maximum atomic E-state index is 3.39. The summed E-state index contributed by atoms with van der Waals surface area (Å²) in [4.78, 5) is 0. The topological polar surface area (TPSA) is 12.0 Å². The zero-order valence-corrected chi connectivity index (χ0v) is 11.4. The summed E-state index contributed by atoms with van der Waals surface area (Å²) >= 11 is 0. The first kappa shape index (κ1) is 12.8. The van der Waals surface area contributed by atoms with Crippen LogP contribution in [0.4, 0.5) is 0 Å². The minimum Gasteiger partial charge on any atom is -0.309 e. The van der Waals surface area contributed by atoms with Crippen molar-refractivity contribution in [3.05, 3.63) is 70.8 Å². The second kappa shape index (κ2) is 5.83. The fourth-order valence-corrected chi connectivity index (χ4v) is 2.23. The predicted octanol–water partition coefficient (Wildman–Crippen LogP) is 3.87. The molecule has 0 spiro atoms. The lowest BCUT2D eigenvalue weighted by Crippen LogP contribution is -2.17. The van der Waals surface area contributed by atoms with Crippen molar-refractivity contribution in [2.75, 3.05) is 7.05 Å². The molecular formula is C17H21N. The van der Waals surface area contributed by atoms with E-state index in [0.29, 0.717) is 0 Å². The Morgan fingerprint density at radius 3 is 1.83 bits per heavy atom. The van der Waals surface area contributed by atoms with Gasteiger partial charge in [0, 0.05) is 0 Å². The van der Waals surface area contributed by atoms with Gasteiger partial charge in [0.1, 0.15) is 0 Å². The molecule has 0 heterocycles. The first-order chi connectivity index (χ1) is 8.74. The van der Waals surface area contributed by atoms with Gasteiger partial charge in [0.15, 0.2) is 0 Å². The van der Waals surface area contributed by atoms with Crippen LogP contribution in [0.5, 0.6) is 0 Å². The number of benzene rings is 2. The van der Waals surface area contributed by atoms with E-state index in [2.05, 4.69) is 67.7 Å². The third kappa shape index (κ3) is 2.80. The highest BCUT2D eigenvalue weighted by Crippen LogP contribution is 2.22. The molecule has 1 heteroatoms. The van der Waals surface area contributed by atoms with Crippen LogP contribution in [-0.4, -0.2) is 7.05 Å². The summed E-state index contributed by atoms with van der Waals surface area (Å²) in [5.74, 6) is 0. The van der Waals surface area contributed by atoms with Crippen molar-refractivity contribution < 1.29 is 0 Å². The molecule has 18 heavy (non-hydrogen) atoms.